The van der Waals surface area contributed by atoms with Crippen molar-refractivity contribution in [2.75, 3.05) is 0 Å². The Hall–Kier alpha value is -0.910. The van der Waals surface area contributed by atoms with E-state index < -0.39 is 16.1 Å². The van der Waals surface area contributed by atoms with E-state index in [-0.39, 0.29) is 6.04 Å². The Morgan fingerprint density at radius 1 is 1.26 bits per heavy atom. The second kappa shape index (κ2) is 5.61. The van der Waals surface area contributed by atoms with Crippen LogP contribution < -0.4 is 4.72 Å². The third kappa shape index (κ3) is 3.55. The maximum absolute atomic E-state index is 12.2. The molecular formula is C14H21NO3S. The number of fused-ring (bicyclic) bond motifs is 1. The number of aliphatic hydroxyl groups excluding tert-OH is 1. The number of rotatable bonds is 5. The lowest BCUT2D eigenvalue weighted by Gasteiger charge is -2.16. The Morgan fingerprint density at radius 2 is 1.95 bits per heavy atom. The summed E-state index contributed by atoms with van der Waals surface area (Å²) in [5.74, 6) is 0. The third-order valence-corrected chi connectivity index (χ3v) is 5.02. The van der Waals surface area contributed by atoms with Crippen molar-refractivity contribution < 1.29 is 13.5 Å². The van der Waals surface area contributed by atoms with Crippen molar-refractivity contribution in [1.29, 1.82) is 0 Å². The average molecular weight is 283 g/mol. The molecule has 4 nitrogen and oxygen atoms in total. The molecule has 0 amide bonds. The molecule has 0 bridgehead atoms. The van der Waals surface area contributed by atoms with Gasteiger partial charge in [0, 0.05) is 6.04 Å². The molecule has 2 N–H and O–H groups in total. The number of hydrogen-bond acceptors (Lipinski definition) is 3. The summed E-state index contributed by atoms with van der Waals surface area (Å²) < 4.78 is 27.1. The van der Waals surface area contributed by atoms with E-state index in [1.54, 1.807) is 26.0 Å². The summed E-state index contributed by atoms with van der Waals surface area (Å²) in [5, 5.41) is 9.28. The zero-order valence-electron chi connectivity index (χ0n) is 11.4. The van der Waals surface area contributed by atoms with Gasteiger partial charge in [-0.05, 0) is 62.8 Å². The quantitative estimate of drug-likeness (QED) is 0.863. The molecule has 0 saturated heterocycles. The SMILES string of the molecule is CC(O)CC(C)NS(=O)(=O)c1ccc2c(c1)CCC2. The minimum Gasteiger partial charge on any atom is -0.393 e. The van der Waals surface area contributed by atoms with Crippen LogP contribution in [0.4, 0.5) is 0 Å². The van der Waals surface area contributed by atoms with Crippen molar-refractivity contribution in [3.63, 3.8) is 0 Å². The first-order chi connectivity index (χ1) is 8.88. The Balaban J connectivity index is 2.15. The van der Waals surface area contributed by atoms with Crippen molar-refractivity contribution in [3.05, 3.63) is 29.3 Å². The van der Waals surface area contributed by atoms with Crippen LogP contribution in [0.15, 0.2) is 23.1 Å². The van der Waals surface area contributed by atoms with Crippen LogP contribution >= 0.6 is 0 Å². The Labute approximate surface area is 114 Å². The Bertz CT molecular complexity index is 552. The van der Waals surface area contributed by atoms with Crippen molar-refractivity contribution in [2.45, 2.75) is 56.6 Å². The number of benzene rings is 1. The molecule has 0 radical (unpaired) electrons. The summed E-state index contributed by atoms with van der Waals surface area (Å²) in [6.45, 7) is 3.41. The van der Waals surface area contributed by atoms with Gasteiger partial charge in [0.15, 0.2) is 0 Å². The van der Waals surface area contributed by atoms with Crippen LogP contribution in [0, 0.1) is 0 Å². The molecule has 1 aliphatic carbocycles. The number of aliphatic hydroxyl groups is 1. The fourth-order valence-electron chi connectivity index (χ4n) is 2.61. The monoisotopic (exact) mass is 283 g/mol. The van der Waals surface area contributed by atoms with E-state index in [0.717, 1.165) is 24.8 Å². The summed E-state index contributed by atoms with van der Waals surface area (Å²) in [6, 6.07) is 5.08. The van der Waals surface area contributed by atoms with E-state index in [9.17, 15) is 13.5 Å². The van der Waals surface area contributed by atoms with Crippen LogP contribution in [0.1, 0.15) is 37.8 Å². The van der Waals surface area contributed by atoms with Gasteiger partial charge in [0.05, 0.1) is 11.0 Å². The lowest BCUT2D eigenvalue weighted by atomic mass is 10.1. The van der Waals surface area contributed by atoms with Crippen molar-refractivity contribution in [2.24, 2.45) is 0 Å². The van der Waals surface area contributed by atoms with Crippen LogP contribution in [-0.4, -0.2) is 25.7 Å². The first-order valence-electron chi connectivity index (χ1n) is 6.70. The highest BCUT2D eigenvalue weighted by molar-refractivity contribution is 7.89. The normalized spacial score (nSPS) is 18.1. The average Bonchev–Trinajstić information content (AvgIpc) is 2.73. The zero-order chi connectivity index (χ0) is 14.0. The van der Waals surface area contributed by atoms with Gasteiger partial charge in [-0.2, -0.15) is 0 Å². The smallest absolute Gasteiger partial charge is 0.240 e. The van der Waals surface area contributed by atoms with Gasteiger partial charge in [0.2, 0.25) is 10.0 Å². The molecule has 0 aliphatic heterocycles. The molecule has 19 heavy (non-hydrogen) atoms. The fourth-order valence-corrected chi connectivity index (χ4v) is 3.91. The van der Waals surface area contributed by atoms with Crippen LogP contribution in [0.3, 0.4) is 0 Å². The van der Waals surface area contributed by atoms with Crippen molar-refractivity contribution >= 4 is 10.0 Å². The molecule has 1 aromatic rings. The summed E-state index contributed by atoms with van der Waals surface area (Å²) in [5.41, 5.74) is 2.40. The highest BCUT2D eigenvalue weighted by Crippen LogP contribution is 2.24. The molecule has 0 heterocycles. The molecule has 2 rings (SSSR count). The molecule has 1 aliphatic rings. The largest absolute Gasteiger partial charge is 0.393 e. The van der Waals surface area contributed by atoms with Gasteiger partial charge < -0.3 is 5.11 Å². The number of aryl methyl sites for hydroxylation is 2. The molecule has 106 valence electrons. The van der Waals surface area contributed by atoms with Gasteiger partial charge in [-0.1, -0.05) is 6.07 Å². The van der Waals surface area contributed by atoms with E-state index in [4.69, 9.17) is 0 Å². The molecule has 0 aromatic heterocycles. The van der Waals surface area contributed by atoms with Crippen LogP contribution in [0.25, 0.3) is 0 Å². The van der Waals surface area contributed by atoms with Gasteiger partial charge >= 0.3 is 0 Å². The second-order valence-corrected chi connectivity index (χ2v) is 7.11. The lowest BCUT2D eigenvalue weighted by Crippen LogP contribution is -2.34. The van der Waals surface area contributed by atoms with Gasteiger partial charge in [-0.3, -0.25) is 0 Å². The lowest BCUT2D eigenvalue weighted by molar-refractivity contribution is 0.175. The minimum absolute atomic E-state index is 0.279. The van der Waals surface area contributed by atoms with Gasteiger partial charge in [0.25, 0.3) is 0 Å². The molecule has 0 spiro atoms. The standard InChI is InChI=1S/C14H21NO3S/c1-10(8-11(2)16)15-19(17,18)14-7-6-12-4-3-5-13(12)9-14/h6-7,9-11,15-16H,3-5,8H2,1-2H3. The molecule has 2 atom stereocenters. The second-order valence-electron chi connectivity index (χ2n) is 5.39. The summed E-state index contributed by atoms with van der Waals surface area (Å²) >= 11 is 0. The van der Waals surface area contributed by atoms with Gasteiger partial charge in [-0.15, -0.1) is 0 Å². The van der Waals surface area contributed by atoms with E-state index in [1.165, 1.54) is 5.56 Å². The maximum atomic E-state index is 12.2. The first kappa shape index (κ1) is 14.5. The minimum atomic E-state index is -3.49. The summed E-state index contributed by atoms with van der Waals surface area (Å²) in [7, 11) is -3.49. The van der Waals surface area contributed by atoms with E-state index in [1.807, 2.05) is 6.07 Å². The van der Waals surface area contributed by atoms with Crippen LogP contribution in [0.2, 0.25) is 0 Å². The molecular weight excluding hydrogens is 262 g/mol. The predicted molar refractivity (Wildman–Crippen MR) is 74.5 cm³/mol. The molecule has 5 heteroatoms. The fraction of sp³-hybridized carbons (Fsp3) is 0.571. The Kier molecular flexibility index (Phi) is 4.28. The summed E-state index contributed by atoms with van der Waals surface area (Å²) in [4.78, 5) is 0.325. The Morgan fingerprint density at radius 3 is 2.63 bits per heavy atom. The van der Waals surface area contributed by atoms with Crippen LogP contribution in [0.5, 0.6) is 0 Å². The predicted octanol–water partition coefficient (Wildman–Crippen LogP) is 1.61. The van der Waals surface area contributed by atoms with Gasteiger partial charge in [0.1, 0.15) is 0 Å². The third-order valence-electron chi connectivity index (χ3n) is 3.43. The summed E-state index contributed by atoms with van der Waals surface area (Å²) in [6.07, 6.45) is 3.00. The van der Waals surface area contributed by atoms with Crippen molar-refractivity contribution in [1.82, 2.24) is 4.72 Å². The number of hydrogen-bond donors (Lipinski definition) is 2. The maximum Gasteiger partial charge on any atom is 0.240 e. The highest BCUT2D eigenvalue weighted by Gasteiger charge is 2.20. The van der Waals surface area contributed by atoms with Crippen molar-refractivity contribution in [3.8, 4) is 0 Å². The molecule has 0 fully saturated rings. The van der Waals surface area contributed by atoms with Crippen LogP contribution in [-0.2, 0) is 22.9 Å². The number of sulfonamides is 1. The van der Waals surface area contributed by atoms with E-state index >= 15 is 0 Å². The van der Waals surface area contributed by atoms with E-state index in [2.05, 4.69) is 4.72 Å². The molecule has 0 saturated carbocycles. The van der Waals surface area contributed by atoms with Gasteiger partial charge in [-0.25, -0.2) is 13.1 Å². The molecule has 2 unspecified atom stereocenters. The number of nitrogens with one attached hydrogen (secondary N) is 1. The topological polar surface area (TPSA) is 66.4 Å². The highest BCUT2D eigenvalue weighted by atomic mass is 32.2. The molecule has 1 aromatic carbocycles. The first-order valence-corrected chi connectivity index (χ1v) is 8.19. The van der Waals surface area contributed by atoms with E-state index in [0.29, 0.717) is 11.3 Å². The zero-order valence-corrected chi connectivity index (χ0v) is 12.2.